The summed E-state index contributed by atoms with van der Waals surface area (Å²) >= 11 is 1.79. The van der Waals surface area contributed by atoms with E-state index in [0.717, 1.165) is 24.0 Å². The number of nitrogens with zero attached hydrogens (tertiary/aromatic N) is 2. The normalized spacial score (nSPS) is 13.8. The van der Waals surface area contributed by atoms with Crippen LogP contribution >= 0.6 is 11.8 Å². The van der Waals surface area contributed by atoms with Crippen LogP contribution in [-0.4, -0.2) is 17.5 Å². The van der Waals surface area contributed by atoms with Gasteiger partial charge in [-0.15, -0.1) is 0 Å². The van der Waals surface area contributed by atoms with Crippen molar-refractivity contribution in [3.63, 3.8) is 0 Å². The number of nitrogens with one attached hydrogen (secondary N) is 1. The summed E-state index contributed by atoms with van der Waals surface area (Å²) in [4.78, 5) is 4.56. The number of aliphatic imine (C=N–C) groups is 1. The molecule has 0 spiro atoms. The predicted molar refractivity (Wildman–Crippen MR) is 106 cm³/mol. The van der Waals surface area contributed by atoms with Crippen molar-refractivity contribution in [1.82, 2.24) is 5.43 Å². The van der Waals surface area contributed by atoms with Crippen molar-refractivity contribution in [2.45, 2.75) is 34.2 Å². The summed E-state index contributed by atoms with van der Waals surface area (Å²) in [5.41, 5.74) is 11.3. The van der Waals surface area contributed by atoms with E-state index in [2.05, 4.69) is 79.5 Å². The van der Waals surface area contributed by atoms with Crippen molar-refractivity contribution in [3.8, 4) is 0 Å². The molecule has 0 amide bonds. The molecule has 0 saturated carbocycles. The number of hydrazine groups is 1. The lowest BCUT2D eigenvalue weighted by Gasteiger charge is -2.28. The van der Waals surface area contributed by atoms with Gasteiger partial charge in [-0.25, -0.2) is 0 Å². The zero-order chi connectivity index (χ0) is 17.1. The maximum Gasteiger partial charge on any atom is 0.175 e. The molecule has 0 saturated heterocycles. The molecular formula is C20H25N3S. The summed E-state index contributed by atoms with van der Waals surface area (Å²) in [5.74, 6) is 1.06. The molecule has 2 aromatic rings. The van der Waals surface area contributed by atoms with Crippen LogP contribution in [0.5, 0.6) is 0 Å². The lowest BCUT2D eigenvalue weighted by Crippen LogP contribution is -2.40. The largest absolute Gasteiger partial charge is 0.281 e. The van der Waals surface area contributed by atoms with Gasteiger partial charge in [-0.3, -0.25) is 15.4 Å². The number of hydrogen-bond acceptors (Lipinski definition) is 4. The zero-order valence-corrected chi connectivity index (χ0v) is 15.7. The van der Waals surface area contributed by atoms with Gasteiger partial charge in [0.25, 0.3) is 0 Å². The van der Waals surface area contributed by atoms with Crippen LogP contribution in [0.2, 0.25) is 0 Å². The van der Waals surface area contributed by atoms with Gasteiger partial charge in [-0.05, 0) is 50.5 Å². The van der Waals surface area contributed by atoms with Crippen LogP contribution in [0, 0.1) is 27.7 Å². The second kappa shape index (κ2) is 7.31. The highest BCUT2D eigenvalue weighted by Crippen LogP contribution is 2.24. The number of hydrogen-bond donors (Lipinski definition) is 1. The van der Waals surface area contributed by atoms with Crippen LogP contribution in [0.15, 0.2) is 41.4 Å². The molecule has 24 heavy (non-hydrogen) atoms. The molecule has 126 valence electrons. The standard InChI is InChI=1S/C20H25N3S/c1-14-10-15(2)12-18(11-14)13-23(22-20-21-8-9-24-20)19-7-5-6-16(3)17(19)4/h5-7,10-12H,8-9,13H2,1-4H3,(H,21,22). The van der Waals surface area contributed by atoms with Crippen molar-refractivity contribution in [3.05, 3.63) is 64.2 Å². The fraction of sp³-hybridized carbons (Fsp3) is 0.350. The maximum absolute atomic E-state index is 4.56. The molecule has 0 radical (unpaired) electrons. The molecule has 1 aliphatic heterocycles. The molecule has 0 aliphatic carbocycles. The lowest BCUT2D eigenvalue weighted by atomic mass is 10.1. The third-order valence-corrected chi connectivity index (χ3v) is 5.19. The van der Waals surface area contributed by atoms with Gasteiger partial charge in [0.1, 0.15) is 0 Å². The zero-order valence-electron chi connectivity index (χ0n) is 14.9. The fourth-order valence-electron chi connectivity index (χ4n) is 3.07. The van der Waals surface area contributed by atoms with Crippen LogP contribution in [0.25, 0.3) is 0 Å². The van der Waals surface area contributed by atoms with Gasteiger partial charge in [0.15, 0.2) is 5.17 Å². The van der Waals surface area contributed by atoms with E-state index in [9.17, 15) is 0 Å². The van der Waals surface area contributed by atoms with Crippen LogP contribution in [0.1, 0.15) is 27.8 Å². The van der Waals surface area contributed by atoms with E-state index in [1.54, 1.807) is 11.8 Å². The number of amidine groups is 1. The van der Waals surface area contributed by atoms with Crippen molar-refractivity contribution in [1.29, 1.82) is 0 Å². The van der Waals surface area contributed by atoms with Gasteiger partial charge in [-0.2, -0.15) is 0 Å². The third kappa shape index (κ3) is 3.93. The van der Waals surface area contributed by atoms with E-state index in [0.29, 0.717) is 0 Å². The molecule has 2 aromatic carbocycles. The van der Waals surface area contributed by atoms with Crippen LogP contribution in [-0.2, 0) is 6.54 Å². The van der Waals surface area contributed by atoms with Crippen LogP contribution in [0.3, 0.4) is 0 Å². The van der Waals surface area contributed by atoms with E-state index in [-0.39, 0.29) is 0 Å². The van der Waals surface area contributed by atoms with Gasteiger partial charge in [0, 0.05) is 5.75 Å². The first-order chi connectivity index (χ1) is 11.5. The number of rotatable bonds is 4. The van der Waals surface area contributed by atoms with Gasteiger partial charge in [0.05, 0.1) is 18.8 Å². The minimum Gasteiger partial charge on any atom is -0.281 e. The second-order valence-corrected chi connectivity index (χ2v) is 7.53. The highest BCUT2D eigenvalue weighted by molar-refractivity contribution is 8.14. The van der Waals surface area contributed by atoms with Gasteiger partial charge < -0.3 is 0 Å². The van der Waals surface area contributed by atoms with E-state index >= 15 is 0 Å². The highest BCUT2D eigenvalue weighted by Gasteiger charge is 2.16. The first-order valence-corrected chi connectivity index (χ1v) is 9.36. The monoisotopic (exact) mass is 339 g/mol. The Morgan fingerprint density at radius 3 is 2.50 bits per heavy atom. The van der Waals surface area contributed by atoms with Crippen LogP contribution < -0.4 is 10.4 Å². The van der Waals surface area contributed by atoms with Gasteiger partial charge in [-0.1, -0.05) is 53.2 Å². The maximum atomic E-state index is 4.56. The lowest BCUT2D eigenvalue weighted by molar-refractivity contribution is 0.764. The minimum atomic E-state index is 0.812. The summed E-state index contributed by atoms with van der Waals surface area (Å²) < 4.78 is 0. The Morgan fingerprint density at radius 2 is 1.83 bits per heavy atom. The summed E-state index contributed by atoms with van der Waals surface area (Å²) in [6.07, 6.45) is 0. The Labute approximate surface area is 149 Å². The Hall–Kier alpha value is -1.94. The van der Waals surface area contributed by atoms with E-state index in [1.807, 2.05) is 0 Å². The topological polar surface area (TPSA) is 27.6 Å². The second-order valence-electron chi connectivity index (χ2n) is 6.45. The van der Waals surface area contributed by atoms with Crippen molar-refractivity contribution >= 4 is 22.6 Å². The summed E-state index contributed by atoms with van der Waals surface area (Å²) in [6.45, 7) is 10.4. The Balaban J connectivity index is 1.93. The van der Waals surface area contributed by atoms with Crippen LogP contribution in [0.4, 0.5) is 5.69 Å². The molecule has 3 rings (SSSR count). The molecule has 4 heteroatoms. The average Bonchev–Trinajstić information content (AvgIpc) is 3.01. The van der Waals surface area contributed by atoms with Crippen molar-refractivity contribution in [2.24, 2.45) is 4.99 Å². The Bertz CT molecular complexity index is 747. The molecule has 1 N–H and O–H groups in total. The average molecular weight is 340 g/mol. The molecule has 3 nitrogen and oxygen atoms in total. The molecule has 0 aromatic heterocycles. The smallest absolute Gasteiger partial charge is 0.175 e. The minimum absolute atomic E-state index is 0.812. The molecule has 0 atom stereocenters. The molecule has 0 unspecified atom stereocenters. The molecule has 1 heterocycles. The van der Waals surface area contributed by atoms with E-state index in [4.69, 9.17) is 0 Å². The van der Waals surface area contributed by atoms with E-state index in [1.165, 1.54) is 33.5 Å². The third-order valence-electron chi connectivity index (χ3n) is 4.31. The fourth-order valence-corrected chi connectivity index (χ4v) is 3.81. The highest BCUT2D eigenvalue weighted by atomic mass is 32.2. The number of benzene rings is 2. The van der Waals surface area contributed by atoms with Gasteiger partial charge >= 0.3 is 0 Å². The molecule has 0 fully saturated rings. The first kappa shape index (κ1) is 16.9. The number of aryl methyl sites for hydroxylation is 3. The quantitative estimate of drug-likeness (QED) is 0.829. The molecule has 1 aliphatic rings. The summed E-state index contributed by atoms with van der Waals surface area (Å²) in [6, 6.07) is 13.2. The Morgan fingerprint density at radius 1 is 1.08 bits per heavy atom. The predicted octanol–water partition coefficient (Wildman–Crippen LogP) is 4.53. The summed E-state index contributed by atoms with van der Waals surface area (Å²) in [5, 5.41) is 3.24. The first-order valence-electron chi connectivity index (χ1n) is 8.38. The number of anilines is 1. The van der Waals surface area contributed by atoms with Gasteiger partial charge in [0.2, 0.25) is 0 Å². The number of thioether (sulfide) groups is 1. The Kier molecular flexibility index (Phi) is 5.14. The SMILES string of the molecule is Cc1cc(C)cc(CN(NC2=NCCS2)c2cccc(C)c2C)c1. The van der Waals surface area contributed by atoms with Crippen molar-refractivity contribution < 1.29 is 0 Å². The van der Waals surface area contributed by atoms with E-state index < -0.39 is 0 Å². The van der Waals surface area contributed by atoms with Crippen molar-refractivity contribution in [2.75, 3.05) is 17.3 Å². The molecule has 0 bridgehead atoms. The molecular weight excluding hydrogens is 314 g/mol. The summed E-state index contributed by atoms with van der Waals surface area (Å²) in [7, 11) is 0.